The third-order valence-electron chi connectivity index (χ3n) is 5.05. The van der Waals surface area contributed by atoms with Crippen LogP contribution >= 0.6 is 7.60 Å². The highest BCUT2D eigenvalue weighted by Crippen LogP contribution is 2.41. The molecule has 4 heteroatoms. The first-order valence-corrected chi connectivity index (χ1v) is 12.4. The van der Waals surface area contributed by atoms with Crippen LogP contribution in [-0.2, 0) is 11.0 Å². The van der Waals surface area contributed by atoms with E-state index in [1.54, 1.807) is 36.4 Å². The van der Waals surface area contributed by atoms with E-state index < -0.39 is 7.60 Å². The molecule has 0 aromatic heterocycles. The molecule has 0 aliphatic heterocycles. The molecule has 1 atom stereocenters. The summed E-state index contributed by atoms with van der Waals surface area (Å²) in [4.78, 5) is 10.2. The molecule has 1 N–H and O–H groups in total. The highest BCUT2D eigenvalue weighted by atomic mass is 31.2. The fraction of sp³-hybridized carbons (Fsp3) is 0.500. The van der Waals surface area contributed by atoms with Gasteiger partial charge in [0.05, 0.1) is 5.30 Å². The summed E-state index contributed by atoms with van der Waals surface area (Å²) in [5.41, 5.74) is 1.21. The van der Waals surface area contributed by atoms with Crippen LogP contribution in [0.5, 0.6) is 5.75 Å². The summed E-state index contributed by atoms with van der Waals surface area (Å²) < 4.78 is 17.8. The minimum absolute atomic E-state index is 0.336. The molecule has 0 aliphatic carbocycles. The van der Waals surface area contributed by atoms with Gasteiger partial charge >= 0.3 is 7.60 Å². The van der Waals surface area contributed by atoms with Crippen LogP contribution in [0.2, 0.25) is 0 Å². The Hall–Kier alpha value is -1.57. The minimum atomic E-state index is -3.84. The minimum Gasteiger partial charge on any atom is -0.421 e. The van der Waals surface area contributed by atoms with Gasteiger partial charge in [0.15, 0.2) is 0 Å². The summed E-state index contributed by atoms with van der Waals surface area (Å²) in [5, 5.41) is 0.336. The van der Waals surface area contributed by atoms with E-state index in [2.05, 4.69) is 6.92 Å². The van der Waals surface area contributed by atoms with Gasteiger partial charge in [-0.25, -0.2) is 4.57 Å². The topological polar surface area (TPSA) is 46.5 Å². The van der Waals surface area contributed by atoms with Gasteiger partial charge in [0.2, 0.25) is 0 Å². The lowest BCUT2D eigenvalue weighted by atomic mass is 10.0. The van der Waals surface area contributed by atoms with Crippen LogP contribution < -0.4 is 9.83 Å². The first-order valence-electron chi connectivity index (χ1n) is 10.8. The Morgan fingerprint density at radius 2 is 1.29 bits per heavy atom. The standard InChI is InChI=1S/C24H35O3P/c1-2-3-4-5-6-7-8-9-10-12-15-22-18-20-24(21-19-22)28(25,26)27-23-16-13-11-14-17-23/h11,13-14,16-21H,2-10,12,15H2,1H3,(H,25,26). The number of unbranched alkanes of at least 4 members (excludes halogenated alkanes) is 9. The zero-order valence-corrected chi connectivity index (χ0v) is 18.1. The van der Waals surface area contributed by atoms with E-state index in [0.717, 1.165) is 6.42 Å². The van der Waals surface area contributed by atoms with Gasteiger partial charge in [0, 0.05) is 0 Å². The number of para-hydroxylation sites is 1. The fourth-order valence-corrected chi connectivity index (χ4v) is 4.38. The summed E-state index contributed by atoms with van der Waals surface area (Å²) in [6.07, 6.45) is 14.3. The second kappa shape index (κ2) is 12.8. The molecule has 2 rings (SSSR count). The Morgan fingerprint density at radius 1 is 0.750 bits per heavy atom. The largest absolute Gasteiger partial charge is 0.421 e. The normalized spacial score (nSPS) is 13.2. The Morgan fingerprint density at radius 3 is 1.86 bits per heavy atom. The Bertz CT molecular complexity index is 698. The molecule has 0 saturated heterocycles. The van der Waals surface area contributed by atoms with Gasteiger partial charge in [0.25, 0.3) is 0 Å². The maximum atomic E-state index is 12.5. The van der Waals surface area contributed by atoms with Crippen LogP contribution in [0.1, 0.15) is 76.7 Å². The molecular formula is C24H35O3P. The van der Waals surface area contributed by atoms with E-state index in [4.69, 9.17) is 4.52 Å². The average Bonchev–Trinajstić information content (AvgIpc) is 2.70. The van der Waals surface area contributed by atoms with Crippen molar-refractivity contribution in [3.8, 4) is 5.75 Å². The van der Waals surface area contributed by atoms with Crippen molar-refractivity contribution in [3.63, 3.8) is 0 Å². The molecule has 0 aliphatic rings. The lowest BCUT2D eigenvalue weighted by Crippen LogP contribution is -2.09. The first kappa shape index (κ1) is 22.7. The molecule has 28 heavy (non-hydrogen) atoms. The molecule has 1 unspecified atom stereocenters. The second-order valence-corrected chi connectivity index (χ2v) is 9.26. The summed E-state index contributed by atoms with van der Waals surface area (Å²) in [5.74, 6) is 0.405. The van der Waals surface area contributed by atoms with Gasteiger partial charge < -0.3 is 9.42 Å². The maximum absolute atomic E-state index is 12.5. The van der Waals surface area contributed by atoms with E-state index >= 15 is 0 Å². The Labute approximate surface area is 170 Å². The molecule has 0 bridgehead atoms. The zero-order valence-electron chi connectivity index (χ0n) is 17.2. The van der Waals surface area contributed by atoms with Crippen molar-refractivity contribution in [2.24, 2.45) is 0 Å². The highest BCUT2D eigenvalue weighted by molar-refractivity contribution is 7.61. The molecule has 0 fully saturated rings. The molecule has 0 spiro atoms. The Kier molecular flexibility index (Phi) is 10.4. The third kappa shape index (κ3) is 8.63. The lowest BCUT2D eigenvalue weighted by Gasteiger charge is -2.14. The molecule has 154 valence electrons. The number of benzene rings is 2. The van der Waals surface area contributed by atoms with Crippen molar-refractivity contribution in [2.75, 3.05) is 0 Å². The van der Waals surface area contributed by atoms with Crippen LogP contribution in [0.4, 0.5) is 0 Å². The lowest BCUT2D eigenvalue weighted by molar-refractivity contribution is 0.393. The van der Waals surface area contributed by atoms with Gasteiger partial charge in [-0.1, -0.05) is 95.0 Å². The molecule has 2 aromatic rings. The predicted octanol–water partition coefficient (Wildman–Crippen LogP) is 7.04. The molecule has 2 aromatic carbocycles. The van der Waals surface area contributed by atoms with Gasteiger partial charge in [0.1, 0.15) is 5.75 Å². The van der Waals surface area contributed by atoms with E-state index in [9.17, 15) is 9.46 Å². The van der Waals surface area contributed by atoms with Crippen molar-refractivity contribution in [1.82, 2.24) is 0 Å². The zero-order chi connectivity index (χ0) is 20.1. The van der Waals surface area contributed by atoms with Crippen molar-refractivity contribution >= 4 is 12.9 Å². The monoisotopic (exact) mass is 402 g/mol. The van der Waals surface area contributed by atoms with Crippen molar-refractivity contribution < 1.29 is 14.0 Å². The van der Waals surface area contributed by atoms with Crippen LogP contribution in [0, 0.1) is 0 Å². The van der Waals surface area contributed by atoms with E-state index in [-0.39, 0.29) is 0 Å². The van der Waals surface area contributed by atoms with Gasteiger partial charge in [-0.3, -0.25) is 0 Å². The number of rotatable bonds is 14. The van der Waals surface area contributed by atoms with Crippen molar-refractivity contribution in [2.45, 2.75) is 77.6 Å². The SMILES string of the molecule is CCCCCCCCCCCCc1ccc(P(=O)(O)Oc2ccccc2)cc1. The molecular weight excluding hydrogens is 367 g/mol. The summed E-state index contributed by atoms with van der Waals surface area (Å²) in [6.45, 7) is 2.26. The maximum Gasteiger partial charge on any atom is 0.408 e. The molecule has 0 radical (unpaired) electrons. The van der Waals surface area contributed by atoms with Gasteiger partial charge in [-0.15, -0.1) is 0 Å². The van der Waals surface area contributed by atoms with Crippen molar-refractivity contribution in [1.29, 1.82) is 0 Å². The number of hydrogen-bond acceptors (Lipinski definition) is 2. The second-order valence-electron chi connectivity index (χ2n) is 7.52. The molecule has 0 saturated carbocycles. The molecule has 0 amide bonds. The van der Waals surface area contributed by atoms with Crippen LogP contribution in [0.15, 0.2) is 54.6 Å². The molecule has 3 nitrogen and oxygen atoms in total. The fourth-order valence-electron chi connectivity index (χ4n) is 3.34. The summed E-state index contributed by atoms with van der Waals surface area (Å²) >= 11 is 0. The predicted molar refractivity (Wildman–Crippen MR) is 119 cm³/mol. The van der Waals surface area contributed by atoms with Crippen LogP contribution in [0.25, 0.3) is 0 Å². The summed E-state index contributed by atoms with van der Waals surface area (Å²) in [7, 11) is -3.84. The van der Waals surface area contributed by atoms with E-state index in [0.29, 0.717) is 11.1 Å². The van der Waals surface area contributed by atoms with Crippen molar-refractivity contribution in [3.05, 3.63) is 60.2 Å². The van der Waals surface area contributed by atoms with Crippen LogP contribution in [-0.4, -0.2) is 4.89 Å². The third-order valence-corrected chi connectivity index (χ3v) is 6.46. The number of hydrogen-bond donors (Lipinski definition) is 1. The summed E-state index contributed by atoms with van der Waals surface area (Å²) in [6, 6.07) is 16.1. The average molecular weight is 403 g/mol. The van der Waals surface area contributed by atoms with E-state index in [1.807, 2.05) is 18.2 Å². The Balaban J connectivity index is 1.65. The van der Waals surface area contributed by atoms with Gasteiger partial charge in [-0.05, 0) is 42.7 Å². The highest BCUT2D eigenvalue weighted by Gasteiger charge is 2.24. The van der Waals surface area contributed by atoms with Crippen LogP contribution in [0.3, 0.4) is 0 Å². The van der Waals surface area contributed by atoms with Gasteiger partial charge in [-0.2, -0.15) is 0 Å². The quantitative estimate of drug-likeness (QED) is 0.272. The number of aryl methyl sites for hydroxylation is 1. The first-order chi connectivity index (χ1) is 13.6. The van der Waals surface area contributed by atoms with E-state index in [1.165, 1.54) is 69.8 Å². The smallest absolute Gasteiger partial charge is 0.408 e. The molecule has 0 heterocycles.